The van der Waals surface area contributed by atoms with E-state index in [-0.39, 0.29) is 12.1 Å². The molecule has 5 nitrogen and oxygen atoms in total. The molecule has 0 unspecified atom stereocenters. The zero-order valence-corrected chi connectivity index (χ0v) is 20.2. The number of rotatable bonds is 5. The van der Waals surface area contributed by atoms with Crippen LogP contribution in [0.25, 0.3) is 0 Å². The number of hydrogen-bond acceptors (Lipinski definition) is 3. The Morgan fingerprint density at radius 3 is 2.55 bits per heavy atom. The largest absolute Gasteiger partial charge is 0.467 e. The van der Waals surface area contributed by atoms with Gasteiger partial charge in [0.2, 0.25) is 0 Å². The van der Waals surface area contributed by atoms with Crippen molar-refractivity contribution < 1.29 is 4.42 Å². The molecule has 0 bridgehead atoms. The molecule has 0 saturated carbocycles. The second kappa shape index (κ2) is 8.52. The van der Waals surface area contributed by atoms with E-state index in [1.165, 1.54) is 28.1 Å². The van der Waals surface area contributed by atoms with Gasteiger partial charge in [0.25, 0.3) is 0 Å². The van der Waals surface area contributed by atoms with Crippen molar-refractivity contribution in [3.8, 4) is 0 Å². The van der Waals surface area contributed by atoms with Gasteiger partial charge in [-0.2, -0.15) is 0 Å². The van der Waals surface area contributed by atoms with Gasteiger partial charge in [-0.05, 0) is 99.1 Å². The number of furan rings is 1. The molecular weight excluding hydrogens is 428 g/mol. The second-order valence-corrected chi connectivity index (χ2v) is 9.14. The van der Waals surface area contributed by atoms with Crippen LogP contribution in [0.15, 0.2) is 71.5 Å². The van der Waals surface area contributed by atoms with E-state index >= 15 is 0 Å². The minimum Gasteiger partial charge on any atom is -0.467 e. The van der Waals surface area contributed by atoms with Crippen LogP contribution in [0.4, 0.5) is 5.69 Å². The molecule has 5 rings (SSSR count). The molecule has 2 atom stereocenters. The van der Waals surface area contributed by atoms with Crippen molar-refractivity contribution in [1.82, 2.24) is 14.9 Å². The first-order valence-corrected chi connectivity index (χ1v) is 11.6. The number of nitrogens with one attached hydrogen (secondary N) is 1. The maximum Gasteiger partial charge on any atom is 0.174 e. The van der Waals surface area contributed by atoms with Crippen molar-refractivity contribution in [3.05, 3.63) is 107 Å². The normalized spacial score (nSPS) is 18.1. The first-order chi connectivity index (χ1) is 15.9. The standard InChI is InChI=1S/C27H28N4OS/c1-17-10-11-21(14-18(17)2)31-26(25(29-27(31)33)24-9-5-6-12-28-24)23-15-19(3)30(20(23)4)16-22-8-7-13-32-22/h5-15,25-26H,16H2,1-4H3,(H,29,33)/t25-,26-/m0/s1. The van der Waals surface area contributed by atoms with Crippen molar-refractivity contribution in [2.45, 2.75) is 46.3 Å². The average Bonchev–Trinajstić information content (AvgIpc) is 3.51. The molecule has 4 aromatic rings. The van der Waals surface area contributed by atoms with Crippen LogP contribution in [0.2, 0.25) is 0 Å². The lowest BCUT2D eigenvalue weighted by molar-refractivity contribution is 0.488. The van der Waals surface area contributed by atoms with Crippen molar-refractivity contribution in [3.63, 3.8) is 0 Å². The molecule has 1 aliphatic heterocycles. The molecule has 1 fully saturated rings. The van der Waals surface area contributed by atoms with Gasteiger partial charge in [0, 0.05) is 23.3 Å². The maximum atomic E-state index is 5.89. The fourth-order valence-corrected chi connectivity index (χ4v) is 5.10. The van der Waals surface area contributed by atoms with Crippen LogP contribution in [0, 0.1) is 27.7 Å². The highest BCUT2D eigenvalue weighted by atomic mass is 32.1. The predicted octanol–water partition coefficient (Wildman–Crippen LogP) is 5.94. The summed E-state index contributed by atoms with van der Waals surface area (Å²) in [6.45, 7) is 9.31. The summed E-state index contributed by atoms with van der Waals surface area (Å²) in [6, 6.07) is 18.7. The van der Waals surface area contributed by atoms with Crippen LogP contribution >= 0.6 is 12.2 Å². The molecule has 6 heteroatoms. The molecule has 0 amide bonds. The summed E-state index contributed by atoms with van der Waals surface area (Å²) >= 11 is 5.89. The third-order valence-electron chi connectivity index (χ3n) is 6.69. The average molecular weight is 457 g/mol. The minimum absolute atomic E-state index is 0.0222. The number of anilines is 1. The summed E-state index contributed by atoms with van der Waals surface area (Å²) in [7, 11) is 0. The van der Waals surface area contributed by atoms with Crippen LogP contribution in [0.3, 0.4) is 0 Å². The summed E-state index contributed by atoms with van der Waals surface area (Å²) in [5.41, 5.74) is 8.22. The fraction of sp³-hybridized carbons (Fsp3) is 0.259. The van der Waals surface area contributed by atoms with Gasteiger partial charge < -0.3 is 19.2 Å². The monoisotopic (exact) mass is 456 g/mol. The second-order valence-electron chi connectivity index (χ2n) is 8.76. The van der Waals surface area contributed by atoms with E-state index < -0.39 is 0 Å². The van der Waals surface area contributed by atoms with Gasteiger partial charge in [-0.15, -0.1) is 0 Å². The van der Waals surface area contributed by atoms with Gasteiger partial charge >= 0.3 is 0 Å². The van der Waals surface area contributed by atoms with Crippen LogP contribution in [-0.4, -0.2) is 14.7 Å². The van der Waals surface area contributed by atoms with E-state index in [2.05, 4.69) is 77.8 Å². The molecule has 168 valence electrons. The van der Waals surface area contributed by atoms with E-state index in [0.717, 1.165) is 22.3 Å². The van der Waals surface area contributed by atoms with Crippen molar-refractivity contribution in [2.24, 2.45) is 0 Å². The quantitative estimate of drug-likeness (QED) is 0.377. The third-order valence-corrected chi connectivity index (χ3v) is 7.01. The Kier molecular flexibility index (Phi) is 5.54. The third kappa shape index (κ3) is 3.85. The summed E-state index contributed by atoms with van der Waals surface area (Å²) in [6.07, 6.45) is 3.57. The zero-order chi connectivity index (χ0) is 23.1. The lowest BCUT2D eigenvalue weighted by Crippen LogP contribution is -2.29. The highest BCUT2D eigenvalue weighted by Crippen LogP contribution is 2.43. The van der Waals surface area contributed by atoms with Crippen molar-refractivity contribution in [2.75, 3.05) is 4.90 Å². The summed E-state index contributed by atoms with van der Waals surface area (Å²) < 4.78 is 7.94. The Hall–Kier alpha value is -3.38. The number of thiocarbonyl (C=S) groups is 1. The summed E-state index contributed by atoms with van der Waals surface area (Å²) in [5, 5.41) is 4.29. The van der Waals surface area contributed by atoms with Crippen LogP contribution in [0.5, 0.6) is 0 Å². The Morgan fingerprint density at radius 2 is 1.85 bits per heavy atom. The smallest absolute Gasteiger partial charge is 0.174 e. The van der Waals surface area contributed by atoms with Crippen molar-refractivity contribution >= 4 is 23.0 Å². The molecule has 1 saturated heterocycles. The molecule has 4 heterocycles. The zero-order valence-electron chi connectivity index (χ0n) is 19.4. The molecule has 1 N–H and O–H groups in total. The van der Waals surface area contributed by atoms with Crippen LogP contribution in [0.1, 0.15) is 51.6 Å². The van der Waals surface area contributed by atoms with E-state index in [9.17, 15) is 0 Å². The first-order valence-electron chi connectivity index (χ1n) is 11.2. The minimum atomic E-state index is -0.0575. The first kappa shape index (κ1) is 21.5. The van der Waals surface area contributed by atoms with Crippen LogP contribution < -0.4 is 10.2 Å². The lowest BCUT2D eigenvalue weighted by atomic mass is 9.96. The number of nitrogens with zero attached hydrogens (tertiary/aromatic N) is 3. The highest BCUT2D eigenvalue weighted by molar-refractivity contribution is 7.80. The van der Waals surface area contributed by atoms with E-state index in [0.29, 0.717) is 6.54 Å². The van der Waals surface area contributed by atoms with Gasteiger partial charge in [-0.25, -0.2) is 0 Å². The van der Waals surface area contributed by atoms with Gasteiger partial charge in [0.05, 0.1) is 30.6 Å². The summed E-state index contributed by atoms with van der Waals surface area (Å²) in [5.74, 6) is 0.940. The number of pyridine rings is 1. The number of aromatic nitrogens is 2. The Bertz CT molecular complexity index is 1290. The Balaban J connectivity index is 1.64. The number of benzene rings is 1. The SMILES string of the molecule is Cc1ccc(N2C(=S)N[C@@H](c3ccccn3)[C@@H]2c2cc(C)n(Cc3ccco3)c2C)cc1C. The number of aryl methyl sites for hydroxylation is 3. The maximum absolute atomic E-state index is 5.89. The molecule has 3 aromatic heterocycles. The van der Waals surface area contributed by atoms with Crippen LogP contribution in [-0.2, 0) is 6.54 Å². The number of hydrogen-bond donors (Lipinski definition) is 1. The molecule has 1 aliphatic rings. The lowest BCUT2D eigenvalue weighted by Gasteiger charge is -2.28. The molecule has 0 aliphatic carbocycles. The van der Waals surface area contributed by atoms with Gasteiger partial charge in [-0.1, -0.05) is 12.1 Å². The Morgan fingerprint density at radius 1 is 1.00 bits per heavy atom. The van der Waals surface area contributed by atoms with E-state index in [1.807, 2.05) is 30.5 Å². The van der Waals surface area contributed by atoms with E-state index in [1.54, 1.807) is 6.26 Å². The molecule has 33 heavy (non-hydrogen) atoms. The van der Waals surface area contributed by atoms with Gasteiger partial charge in [0.1, 0.15) is 5.76 Å². The summed E-state index contributed by atoms with van der Waals surface area (Å²) in [4.78, 5) is 6.93. The Labute approximate surface area is 200 Å². The fourth-order valence-electron chi connectivity index (χ4n) is 4.75. The topological polar surface area (TPSA) is 46.2 Å². The predicted molar refractivity (Wildman–Crippen MR) is 136 cm³/mol. The van der Waals surface area contributed by atoms with Gasteiger partial charge in [0.15, 0.2) is 5.11 Å². The van der Waals surface area contributed by atoms with Gasteiger partial charge in [-0.3, -0.25) is 4.98 Å². The molecule has 0 radical (unpaired) electrons. The highest BCUT2D eigenvalue weighted by Gasteiger charge is 2.42. The molecule has 0 spiro atoms. The molecule has 1 aromatic carbocycles. The molecular formula is C27H28N4OS. The van der Waals surface area contributed by atoms with E-state index in [4.69, 9.17) is 16.6 Å². The van der Waals surface area contributed by atoms with Crippen molar-refractivity contribution in [1.29, 1.82) is 0 Å².